The molecule has 2 aromatic carbocycles. The molecule has 0 bridgehead atoms. The molecular formula is C25H31FN4O2S2. The molecule has 34 heavy (non-hydrogen) atoms. The van der Waals surface area contributed by atoms with Gasteiger partial charge in [-0.1, -0.05) is 56.2 Å². The smallest absolute Gasteiger partial charge is 0.302 e. The fourth-order valence-electron chi connectivity index (χ4n) is 2.59. The lowest BCUT2D eigenvalue weighted by Crippen LogP contribution is -2.18. The Bertz CT molecular complexity index is 1090. The van der Waals surface area contributed by atoms with E-state index in [2.05, 4.69) is 28.2 Å². The third-order valence-corrected chi connectivity index (χ3v) is 5.11. The van der Waals surface area contributed by atoms with E-state index in [4.69, 9.17) is 5.26 Å². The SMILES string of the molecule is C/C(F)=C(\C=C/C(C)c1ccccc1S(C)=O)NC(=O)N=Nc1cccc(C#N)c1.CC.CS. The predicted octanol–water partition coefficient (Wildman–Crippen LogP) is 7.22. The standard InChI is InChI=1S/C22H21FN4O2S.C2H6.CH4S/c1-15(19-9-4-5-10-21(19)30(3)29)11-12-20(16(2)23)25-22(28)27-26-18-8-6-7-17(13-18)14-24;2*1-2/h4-13,15H,1-3H3,(H,25,28);1-2H3;2H,1H3/b12-11-,20-16-,27-26?;;. The second-order valence-electron chi connectivity index (χ2n) is 6.38. The first-order valence-corrected chi connectivity index (χ1v) is 12.9. The van der Waals surface area contributed by atoms with E-state index < -0.39 is 22.7 Å². The number of hydrogen-bond acceptors (Lipinski definition) is 5. The van der Waals surface area contributed by atoms with Crippen LogP contribution in [0.5, 0.6) is 0 Å². The van der Waals surface area contributed by atoms with Crippen LogP contribution in [0, 0.1) is 11.3 Å². The van der Waals surface area contributed by atoms with Gasteiger partial charge in [-0.25, -0.2) is 9.18 Å². The molecule has 182 valence electrons. The zero-order valence-corrected chi connectivity index (χ0v) is 22.0. The van der Waals surface area contributed by atoms with Crippen molar-refractivity contribution in [2.75, 3.05) is 12.5 Å². The van der Waals surface area contributed by atoms with E-state index >= 15 is 0 Å². The van der Waals surface area contributed by atoms with Crippen molar-refractivity contribution in [1.29, 1.82) is 5.26 Å². The molecule has 0 radical (unpaired) electrons. The fraction of sp³-hybridized carbons (Fsp3) is 0.280. The number of thiol groups is 1. The highest BCUT2D eigenvalue weighted by molar-refractivity contribution is 7.84. The number of carbonyl (C=O) groups excluding carboxylic acids is 1. The van der Waals surface area contributed by atoms with Gasteiger partial charge in [0.05, 0.1) is 33.8 Å². The van der Waals surface area contributed by atoms with Crippen LogP contribution in [0.25, 0.3) is 0 Å². The average Bonchev–Trinajstić information content (AvgIpc) is 2.87. The van der Waals surface area contributed by atoms with Gasteiger partial charge in [0, 0.05) is 17.1 Å². The van der Waals surface area contributed by atoms with E-state index in [1.165, 1.54) is 19.1 Å². The molecule has 2 amide bonds. The van der Waals surface area contributed by atoms with Crippen molar-refractivity contribution in [1.82, 2.24) is 5.32 Å². The molecule has 2 rings (SSSR count). The first-order valence-electron chi connectivity index (χ1n) is 10.5. The lowest BCUT2D eigenvalue weighted by molar-refractivity contribution is 0.250. The second kappa shape index (κ2) is 17.4. The molecule has 2 unspecified atom stereocenters. The summed E-state index contributed by atoms with van der Waals surface area (Å²) in [7, 11) is -1.15. The molecule has 2 atom stereocenters. The number of hydrogen-bond donors (Lipinski definition) is 2. The van der Waals surface area contributed by atoms with Gasteiger partial charge in [0.15, 0.2) is 0 Å². The normalized spacial score (nSPS) is 12.9. The average molecular weight is 503 g/mol. The molecule has 0 spiro atoms. The number of halogens is 1. The molecular weight excluding hydrogens is 471 g/mol. The molecule has 0 aliphatic heterocycles. The minimum atomic E-state index is -1.15. The van der Waals surface area contributed by atoms with Gasteiger partial charge in [-0.05, 0) is 49.1 Å². The minimum Gasteiger partial charge on any atom is -0.302 e. The van der Waals surface area contributed by atoms with Crippen molar-refractivity contribution in [3.63, 3.8) is 0 Å². The third-order valence-electron chi connectivity index (χ3n) is 4.12. The maximum Gasteiger partial charge on any atom is 0.364 e. The summed E-state index contributed by atoms with van der Waals surface area (Å²) in [4.78, 5) is 12.7. The Balaban J connectivity index is 0.00000258. The summed E-state index contributed by atoms with van der Waals surface area (Å²) in [5.74, 6) is -0.757. The Kier molecular flexibility index (Phi) is 15.8. The quantitative estimate of drug-likeness (QED) is 0.248. The Hall–Kier alpha value is -3.09. The number of nitriles is 1. The van der Waals surface area contributed by atoms with Crippen LogP contribution >= 0.6 is 12.6 Å². The summed E-state index contributed by atoms with van der Waals surface area (Å²) in [6, 6.07) is 14.7. The molecule has 0 heterocycles. The van der Waals surface area contributed by atoms with Gasteiger partial charge < -0.3 is 5.32 Å². The van der Waals surface area contributed by atoms with Crippen LogP contribution in [0.3, 0.4) is 0 Å². The van der Waals surface area contributed by atoms with Crippen LogP contribution in [0.15, 0.2) is 87.3 Å². The minimum absolute atomic E-state index is 0.0494. The molecule has 0 aromatic heterocycles. The van der Waals surface area contributed by atoms with Gasteiger partial charge in [0.2, 0.25) is 0 Å². The van der Waals surface area contributed by atoms with E-state index in [1.54, 1.807) is 42.9 Å². The van der Waals surface area contributed by atoms with Gasteiger partial charge in [-0.3, -0.25) is 4.21 Å². The number of carbonyl (C=O) groups is 1. The van der Waals surface area contributed by atoms with Crippen LogP contribution in [-0.4, -0.2) is 22.8 Å². The number of nitrogens with one attached hydrogen (secondary N) is 1. The van der Waals surface area contributed by atoms with Crippen LogP contribution < -0.4 is 5.32 Å². The molecule has 1 N–H and O–H groups in total. The molecule has 6 nitrogen and oxygen atoms in total. The molecule has 0 saturated carbocycles. The number of amides is 2. The van der Waals surface area contributed by atoms with E-state index in [1.807, 2.05) is 45.0 Å². The highest BCUT2D eigenvalue weighted by atomic mass is 32.2. The van der Waals surface area contributed by atoms with Crippen molar-refractivity contribution in [2.45, 2.75) is 38.5 Å². The highest BCUT2D eigenvalue weighted by Crippen LogP contribution is 2.24. The van der Waals surface area contributed by atoms with E-state index in [9.17, 15) is 13.4 Å². The number of azo groups is 1. The number of allylic oxidation sites excluding steroid dienone is 3. The van der Waals surface area contributed by atoms with E-state index in [0.29, 0.717) is 16.1 Å². The summed E-state index contributed by atoms with van der Waals surface area (Å²) in [6.07, 6.45) is 6.45. The predicted molar refractivity (Wildman–Crippen MR) is 141 cm³/mol. The zero-order valence-electron chi connectivity index (χ0n) is 20.2. The largest absolute Gasteiger partial charge is 0.364 e. The Morgan fingerprint density at radius 2 is 1.85 bits per heavy atom. The Morgan fingerprint density at radius 1 is 1.21 bits per heavy atom. The maximum absolute atomic E-state index is 13.9. The maximum atomic E-state index is 13.9. The Labute approximate surface area is 209 Å². The van der Waals surface area contributed by atoms with Gasteiger partial charge in [0.1, 0.15) is 5.83 Å². The topological polar surface area (TPSA) is 94.7 Å². The van der Waals surface area contributed by atoms with Crippen molar-refractivity contribution >= 4 is 35.1 Å². The van der Waals surface area contributed by atoms with Crippen molar-refractivity contribution in [2.24, 2.45) is 10.2 Å². The van der Waals surface area contributed by atoms with Crippen LogP contribution in [-0.2, 0) is 10.8 Å². The van der Waals surface area contributed by atoms with Crippen LogP contribution in [0.2, 0.25) is 0 Å². The summed E-state index contributed by atoms with van der Waals surface area (Å²) < 4.78 is 25.8. The third kappa shape index (κ3) is 10.7. The molecule has 0 fully saturated rings. The van der Waals surface area contributed by atoms with E-state index in [-0.39, 0.29) is 11.6 Å². The lowest BCUT2D eigenvalue weighted by Gasteiger charge is -2.12. The summed E-state index contributed by atoms with van der Waals surface area (Å²) in [5, 5.41) is 18.5. The second-order valence-corrected chi connectivity index (χ2v) is 7.73. The van der Waals surface area contributed by atoms with Crippen molar-refractivity contribution in [3.05, 3.63) is 83.3 Å². The summed E-state index contributed by atoms with van der Waals surface area (Å²) in [5.41, 5.74) is 1.53. The number of rotatable bonds is 6. The fourth-order valence-corrected chi connectivity index (χ4v) is 3.44. The van der Waals surface area contributed by atoms with E-state index in [0.717, 1.165) is 5.56 Å². The molecule has 0 aliphatic rings. The number of nitrogens with zero attached hydrogens (tertiary/aromatic N) is 3. The number of urea groups is 1. The van der Waals surface area contributed by atoms with Gasteiger partial charge in [0.25, 0.3) is 0 Å². The van der Waals surface area contributed by atoms with Crippen LogP contribution in [0.1, 0.15) is 44.7 Å². The molecule has 9 heteroatoms. The highest BCUT2D eigenvalue weighted by Gasteiger charge is 2.11. The van der Waals surface area contributed by atoms with Gasteiger partial charge in [-0.2, -0.15) is 17.9 Å². The monoisotopic (exact) mass is 502 g/mol. The lowest BCUT2D eigenvalue weighted by atomic mass is 10.0. The molecule has 0 aliphatic carbocycles. The molecule has 0 saturated heterocycles. The Morgan fingerprint density at radius 3 is 2.44 bits per heavy atom. The first-order chi connectivity index (χ1) is 16.3. The van der Waals surface area contributed by atoms with Crippen molar-refractivity contribution < 1.29 is 13.4 Å². The van der Waals surface area contributed by atoms with Gasteiger partial charge in [-0.15, -0.1) is 5.11 Å². The number of benzene rings is 2. The summed E-state index contributed by atoms with van der Waals surface area (Å²) in [6.45, 7) is 7.10. The van der Waals surface area contributed by atoms with Crippen LogP contribution in [0.4, 0.5) is 14.9 Å². The summed E-state index contributed by atoms with van der Waals surface area (Å²) >= 11 is 3.53. The first kappa shape index (κ1) is 30.9. The van der Waals surface area contributed by atoms with Gasteiger partial charge >= 0.3 is 6.03 Å². The molecule has 2 aromatic rings. The van der Waals surface area contributed by atoms with Crippen molar-refractivity contribution in [3.8, 4) is 6.07 Å². The zero-order chi connectivity index (χ0) is 26.1.